The summed E-state index contributed by atoms with van der Waals surface area (Å²) in [5.41, 5.74) is 0.429. The van der Waals surface area contributed by atoms with E-state index >= 15 is 0 Å². The molecule has 39 heavy (non-hydrogen) atoms. The number of rotatable bonds is 8. The number of ether oxygens (including phenoxy) is 1. The number of hydrogen-bond donors (Lipinski definition) is 0. The first-order valence-electron chi connectivity index (χ1n) is 13.3. The molecule has 0 radical (unpaired) electrons. The van der Waals surface area contributed by atoms with E-state index in [0.717, 1.165) is 17.9 Å². The van der Waals surface area contributed by atoms with E-state index in [9.17, 15) is 0 Å². The van der Waals surface area contributed by atoms with Crippen LogP contribution in [0.1, 0.15) is 6.42 Å². The summed E-state index contributed by atoms with van der Waals surface area (Å²) in [6.45, 7) is 0. The van der Waals surface area contributed by atoms with E-state index < -0.39 is 15.8 Å². The molecule has 0 bridgehead atoms. The Kier molecular flexibility index (Phi) is 8.11. The maximum Gasteiger partial charge on any atom is 0.135 e. The Balaban J connectivity index is 1.44. The molecule has 2 unspecified atom stereocenters. The van der Waals surface area contributed by atoms with Crippen molar-refractivity contribution >= 4 is 42.4 Å². The van der Waals surface area contributed by atoms with Crippen LogP contribution in [0.3, 0.4) is 0 Å². The third kappa shape index (κ3) is 5.81. The summed E-state index contributed by atoms with van der Waals surface area (Å²) in [7, 11) is -1.44. The van der Waals surface area contributed by atoms with Crippen molar-refractivity contribution in [3.8, 4) is 11.5 Å². The van der Waals surface area contributed by atoms with Gasteiger partial charge in [-0.25, -0.2) is 0 Å². The zero-order valence-corrected chi connectivity index (χ0v) is 23.5. The van der Waals surface area contributed by atoms with E-state index in [2.05, 4.69) is 164 Å². The maximum absolute atomic E-state index is 6.95. The van der Waals surface area contributed by atoms with E-state index in [0.29, 0.717) is 5.66 Å². The molecule has 1 aliphatic carbocycles. The molecule has 0 N–H and O–H groups in total. The summed E-state index contributed by atoms with van der Waals surface area (Å²) in [6.07, 6.45) is 10.0. The molecule has 0 aromatic heterocycles. The van der Waals surface area contributed by atoms with Crippen LogP contribution in [0.4, 0.5) is 0 Å². The fourth-order valence-corrected chi connectivity index (χ4v) is 10.1. The van der Waals surface area contributed by atoms with E-state index in [1.54, 1.807) is 0 Å². The lowest BCUT2D eigenvalue weighted by Crippen LogP contribution is -2.24. The third-order valence-corrected chi connectivity index (χ3v) is 12.1. The minimum atomic E-state index is -0.784. The van der Waals surface area contributed by atoms with Gasteiger partial charge in [0, 0.05) is 16.3 Å². The second-order valence-electron chi connectivity index (χ2n) is 9.37. The predicted octanol–water partition coefficient (Wildman–Crippen LogP) is 7.55. The van der Waals surface area contributed by atoms with Gasteiger partial charge in [-0.3, -0.25) is 0 Å². The lowest BCUT2D eigenvalue weighted by atomic mass is 10.2. The van der Waals surface area contributed by atoms with Crippen LogP contribution in [0.5, 0.6) is 11.5 Å². The summed E-state index contributed by atoms with van der Waals surface area (Å²) >= 11 is 0. The van der Waals surface area contributed by atoms with Crippen molar-refractivity contribution < 1.29 is 4.74 Å². The quantitative estimate of drug-likeness (QED) is 0.185. The second-order valence-corrected chi connectivity index (χ2v) is 14.0. The summed E-state index contributed by atoms with van der Waals surface area (Å²) in [6, 6.07) is 49.8. The first-order chi connectivity index (χ1) is 19.4. The zero-order chi connectivity index (χ0) is 26.3. The predicted molar refractivity (Wildman–Crippen MR) is 171 cm³/mol. The number of para-hydroxylation sites is 2. The molecule has 190 valence electrons. The van der Waals surface area contributed by atoms with Crippen LogP contribution in [-0.2, 0) is 0 Å². The van der Waals surface area contributed by atoms with Gasteiger partial charge in [0.05, 0.1) is 0 Å². The highest BCUT2D eigenvalue weighted by atomic mass is 31.1. The Labute approximate surface area is 234 Å². The number of benzene rings is 5. The lowest BCUT2D eigenvalue weighted by molar-refractivity contribution is 0.490. The first kappa shape index (κ1) is 25.5. The zero-order valence-electron chi connectivity index (χ0n) is 21.7. The van der Waals surface area contributed by atoms with E-state index in [4.69, 9.17) is 4.74 Å². The SMILES string of the molecule is C1=CCC(P(c2ccccc2)c2ccccc2Oc2ccccc2P(c2ccccc2)c2ccccc2)C=C1. The normalized spacial score (nSPS) is 15.3. The highest BCUT2D eigenvalue weighted by Crippen LogP contribution is 2.46. The van der Waals surface area contributed by atoms with Gasteiger partial charge in [-0.2, -0.15) is 0 Å². The Morgan fingerprint density at radius 3 is 1.54 bits per heavy atom. The standard InChI is InChI=1S/C36H30OP2/c1-5-17-29(18-6-1)38(30-19-7-2-8-20-30)35-27-15-13-25-33(35)37-34-26-14-16-28-36(34)39(31-21-9-3-10-22-31)32-23-11-4-12-24-32/h1-23,25-28,32H,24H2. The van der Waals surface area contributed by atoms with E-state index in [1.165, 1.54) is 26.5 Å². The van der Waals surface area contributed by atoms with Gasteiger partial charge in [-0.15, -0.1) is 0 Å². The van der Waals surface area contributed by atoms with Crippen molar-refractivity contribution in [3.05, 3.63) is 164 Å². The van der Waals surface area contributed by atoms with Crippen LogP contribution in [0.25, 0.3) is 0 Å². The van der Waals surface area contributed by atoms with Crippen molar-refractivity contribution in [2.45, 2.75) is 12.1 Å². The summed E-state index contributed by atoms with van der Waals surface area (Å²) in [5.74, 6) is 1.87. The van der Waals surface area contributed by atoms with Gasteiger partial charge < -0.3 is 4.74 Å². The van der Waals surface area contributed by atoms with Gasteiger partial charge in [0.15, 0.2) is 0 Å². The molecule has 0 saturated carbocycles. The van der Waals surface area contributed by atoms with Gasteiger partial charge in [-0.1, -0.05) is 152 Å². The lowest BCUT2D eigenvalue weighted by Gasteiger charge is -2.29. The number of hydrogen-bond acceptors (Lipinski definition) is 1. The molecule has 0 heterocycles. The Morgan fingerprint density at radius 1 is 0.487 bits per heavy atom. The highest BCUT2D eigenvalue weighted by Gasteiger charge is 2.27. The molecule has 0 fully saturated rings. The van der Waals surface area contributed by atoms with Gasteiger partial charge in [-0.05, 0) is 50.3 Å². The third-order valence-electron chi connectivity index (χ3n) is 6.80. The fourth-order valence-electron chi connectivity index (χ4n) is 5.03. The molecular weight excluding hydrogens is 510 g/mol. The average Bonchev–Trinajstić information content (AvgIpc) is 3.01. The molecule has 2 atom stereocenters. The molecule has 0 aliphatic heterocycles. The largest absolute Gasteiger partial charge is 0.456 e. The van der Waals surface area contributed by atoms with Crippen molar-refractivity contribution in [2.75, 3.05) is 0 Å². The van der Waals surface area contributed by atoms with Crippen LogP contribution >= 0.6 is 15.8 Å². The smallest absolute Gasteiger partial charge is 0.135 e. The van der Waals surface area contributed by atoms with E-state index in [-0.39, 0.29) is 0 Å². The molecule has 6 rings (SSSR count). The number of allylic oxidation sites excluding steroid dienone is 4. The molecule has 0 amide bonds. The summed E-state index contributed by atoms with van der Waals surface area (Å²) < 4.78 is 6.95. The molecular formula is C36H30OP2. The van der Waals surface area contributed by atoms with Crippen molar-refractivity contribution in [2.24, 2.45) is 0 Å². The monoisotopic (exact) mass is 540 g/mol. The molecule has 3 heteroatoms. The van der Waals surface area contributed by atoms with Gasteiger partial charge in [0.1, 0.15) is 11.5 Å². The second kappa shape index (κ2) is 12.4. The fraction of sp³-hybridized carbons (Fsp3) is 0.0556. The maximum atomic E-state index is 6.95. The molecule has 1 nitrogen and oxygen atoms in total. The summed E-state index contributed by atoms with van der Waals surface area (Å²) in [5, 5.41) is 6.51. The van der Waals surface area contributed by atoms with Gasteiger partial charge >= 0.3 is 0 Å². The molecule has 1 aliphatic rings. The van der Waals surface area contributed by atoms with E-state index in [1.807, 2.05) is 0 Å². The Hall–Kier alpha value is -3.76. The Bertz CT molecular complexity index is 1520. The van der Waals surface area contributed by atoms with Crippen molar-refractivity contribution in [3.63, 3.8) is 0 Å². The van der Waals surface area contributed by atoms with Gasteiger partial charge in [0.2, 0.25) is 0 Å². The topological polar surface area (TPSA) is 9.23 Å². The highest BCUT2D eigenvalue weighted by molar-refractivity contribution is 7.80. The average molecular weight is 541 g/mol. The first-order valence-corrected chi connectivity index (χ1v) is 16.1. The minimum Gasteiger partial charge on any atom is -0.456 e. The van der Waals surface area contributed by atoms with Crippen LogP contribution in [0.2, 0.25) is 0 Å². The molecule has 5 aromatic rings. The van der Waals surface area contributed by atoms with Crippen molar-refractivity contribution in [1.29, 1.82) is 0 Å². The minimum absolute atomic E-state index is 0.429. The van der Waals surface area contributed by atoms with Crippen molar-refractivity contribution in [1.82, 2.24) is 0 Å². The molecule has 0 saturated heterocycles. The molecule has 0 spiro atoms. The van der Waals surface area contributed by atoms with Crippen LogP contribution in [0.15, 0.2) is 164 Å². The van der Waals surface area contributed by atoms with Crippen LogP contribution < -0.4 is 31.3 Å². The summed E-state index contributed by atoms with van der Waals surface area (Å²) in [4.78, 5) is 0. The van der Waals surface area contributed by atoms with Crippen LogP contribution in [-0.4, -0.2) is 5.66 Å². The molecule has 5 aromatic carbocycles. The Morgan fingerprint density at radius 2 is 0.974 bits per heavy atom. The van der Waals surface area contributed by atoms with Gasteiger partial charge in [0.25, 0.3) is 0 Å². The van der Waals surface area contributed by atoms with Crippen LogP contribution in [0, 0.1) is 0 Å².